The standard InChI is InChI=1S/C47H38/c1-29-14-20-34(21-15-29)47(35-22-16-30(2)17-23-35)40-13-9-8-12-39(40)44-42(27-32(4)28-43(44)47)46(5)41-26-31(3)18-24-37(41)38-25-19-33-10-6-7-11-36(33)45(38)46/h6-28H,1-5H3. The van der Waals surface area contributed by atoms with Gasteiger partial charge in [-0.25, -0.2) is 0 Å². The predicted molar refractivity (Wildman–Crippen MR) is 198 cm³/mol. The van der Waals surface area contributed by atoms with Crippen LogP contribution in [0.3, 0.4) is 0 Å². The maximum absolute atomic E-state index is 2.50. The summed E-state index contributed by atoms with van der Waals surface area (Å²) in [6, 6.07) is 53.5. The second kappa shape index (κ2) is 9.90. The molecule has 0 heteroatoms. The van der Waals surface area contributed by atoms with Crippen LogP contribution < -0.4 is 0 Å². The van der Waals surface area contributed by atoms with Crippen LogP contribution in [0.4, 0.5) is 0 Å². The van der Waals surface area contributed by atoms with Crippen LogP contribution in [0, 0.1) is 27.7 Å². The summed E-state index contributed by atoms with van der Waals surface area (Å²) in [5.74, 6) is 0. The van der Waals surface area contributed by atoms with E-state index in [9.17, 15) is 0 Å². The maximum Gasteiger partial charge on any atom is 0.0713 e. The van der Waals surface area contributed by atoms with Crippen molar-refractivity contribution in [2.24, 2.45) is 0 Å². The van der Waals surface area contributed by atoms with Gasteiger partial charge in [-0.05, 0) is 107 Å². The summed E-state index contributed by atoms with van der Waals surface area (Å²) < 4.78 is 0. The van der Waals surface area contributed by atoms with Crippen LogP contribution in [0.5, 0.6) is 0 Å². The molecule has 2 aliphatic rings. The molecule has 7 aromatic rings. The quantitative estimate of drug-likeness (QED) is 0.189. The molecule has 0 saturated carbocycles. The Morgan fingerprint density at radius 3 is 1.70 bits per heavy atom. The summed E-state index contributed by atoms with van der Waals surface area (Å²) in [5.41, 5.74) is 19.3. The van der Waals surface area contributed by atoms with E-state index in [4.69, 9.17) is 0 Å². The van der Waals surface area contributed by atoms with Crippen molar-refractivity contribution in [2.75, 3.05) is 0 Å². The molecule has 0 bridgehead atoms. The van der Waals surface area contributed by atoms with Crippen LogP contribution in [0.25, 0.3) is 33.0 Å². The maximum atomic E-state index is 2.50. The lowest BCUT2D eigenvalue weighted by Gasteiger charge is -2.36. The molecule has 47 heavy (non-hydrogen) atoms. The van der Waals surface area contributed by atoms with Crippen LogP contribution in [0.15, 0.2) is 140 Å². The monoisotopic (exact) mass is 602 g/mol. The van der Waals surface area contributed by atoms with Crippen molar-refractivity contribution in [1.29, 1.82) is 0 Å². The van der Waals surface area contributed by atoms with E-state index < -0.39 is 5.41 Å². The van der Waals surface area contributed by atoms with Gasteiger partial charge in [-0.3, -0.25) is 0 Å². The second-order valence-corrected chi connectivity index (χ2v) is 14.1. The second-order valence-electron chi connectivity index (χ2n) is 14.1. The Bertz CT molecular complexity index is 2340. The Morgan fingerprint density at radius 2 is 0.979 bits per heavy atom. The van der Waals surface area contributed by atoms with Gasteiger partial charge in [-0.2, -0.15) is 0 Å². The van der Waals surface area contributed by atoms with E-state index in [0.717, 1.165) is 0 Å². The number of hydrogen-bond acceptors (Lipinski definition) is 0. The molecule has 0 N–H and O–H groups in total. The van der Waals surface area contributed by atoms with Crippen LogP contribution in [0.1, 0.15) is 68.1 Å². The Kier molecular flexibility index (Phi) is 5.91. The fourth-order valence-electron chi connectivity index (χ4n) is 9.09. The first-order valence-corrected chi connectivity index (χ1v) is 16.9. The molecule has 0 nitrogen and oxygen atoms in total. The normalized spacial score (nSPS) is 16.9. The van der Waals surface area contributed by atoms with Gasteiger partial charge in [0.2, 0.25) is 0 Å². The molecule has 1 unspecified atom stereocenters. The average molecular weight is 603 g/mol. The van der Waals surface area contributed by atoms with Crippen molar-refractivity contribution in [2.45, 2.75) is 45.4 Å². The van der Waals surface area contributed by atoms with E-state index in [1.165, 1.54) is 94.2 Å². The van der Waals surface area contributed by atoms with E-state index >= 15 is 0 Å². The molecule has 1 atom stereocenters. The largest absolute Gasteiger partial charge is 0.0713 e. The molecular weight excluding hydrogens is 565 g/mol. The highest BCUT2D eigenvalue weighted by atomic mass is 14.5. The summed E-state index contributed by atoms with van der Waals surface area (Å²) in [6.45, 7) is 11.4. The van der Waals surface area contributed by atoms with Gasteiger partial charge in [-0.1, -0.05) is 162 Å². The number of aryl methyl sites for hydroxylation is 4. The molecule has 0 radical (unpaired) electrons. The number of benzene rings is 7. The molecule has 0 fully saturated rings. The molecule has 0 saturated heterocycles. The van der Waals surface area contributed by atoms with Crippen LogP contribution in [0.2, 0.25) is 0 Å². The van der Waals surface area contributed by atoms with Crippen molar-refractivity contribution in [1.82, 2.24) is 0 Å². The van der Waals surface area contributed by atoms with Crippen LogP contribution >= 0.6 is 0 Å². The SMILES string of the molecule is Cc1ccc(C2(c3ccc(C)cc3)c3ccccc3-c3c(C4(C)c5cc(C)ccc5-c5ccc6ccccc6c54)cc(C)cc32)cc1. The zero-order valence-electron chi connectivity index (χ0n) is 27.8. The van der Waals surface area contributed by atoms with Crippen LogP contribution in [-0.4, -0.2) is 0 Å². The minimum absolute atomic E-state index is 0.364. The summed E-state index contributed by atoms with van der Waals surface area (Å²) in [6.07, 6.45) is 0. The molecule has 0 aliphatic heterocycles. The van der Waals surface area contributed by atoms with E-state index in [2.05, 4.69) is 174 Å². The lowest BCUT2D eigenvalue weighted by molar-refractivity contribution is 0.715. The molecule has 0 heterocycles. The topological polar surface area (TPSA) is 0 Å². The molecular formula is C47H38. The first kappa shape index (κ1) is 28.1. The highest BCUT2D eigenvalue weighted by molar-refractivity contribution is 6.00. The smallest absolute Gasteiger partial charge is 0.0619 e. The first-order valence-electron chi connectivity index (χ1n) is 16.9. The van der Waals surface area contributed by atoms with E-state index in [-0.39, 0.29) is 5.41 Å². The lowest BCUT2D eigenvalue weighted by Crippen LogP contribution is -2.29. The lowest BCUT2D eigenvalue weighted by atomic mass is 9.65. The Labute approximate surface area is 278 Å². The van der Waals surface area contributed by atoms with Gasteiger partial charge in [-0.15, -0.1) is 0 Å². The van der Waals surface area contributed by atoms with Gasteiger partial charge in [0, 0.05) is 5.41 Å². The van der Waals surface area contributed by atoms with Gasteiger partial charge in [0.05, 0.1) is 5.41 Å². The van der Waals surface area contributed by atoms with Gasteiger partial charge in [0.25, 0.3) is 0 Å². The summed E-state index contributed by atoms with van der Waals surface area (Å²) in [4.78, 5) is 0. The van der Waals surface area contributed by atoms with Gasteiger partial charge in [0.1, 0.15) is 0 Å². The molecule has 0 spiro atoms. The van der Waals surface area contributed by atoms with Crippen molar-refractivity contribution in [3.05, 3.63) is 201 Å². The van der Waals surface area contributed by atoms with Crippen molar-refractivity contribution >= 4 is 10.8 Å². The summed E-state index contributed by atoms with van der Waals surface area (Å²) in [7, 11) is 0. The first-order chi connectivity index (χ1) is 22.8. The molecule has 2 aliphatic carbocycles. The molecule has 7 aromatic carbocycles. The fourth-order valence-corrected chi connectivity index (χ4v) is 9.09. The third-order valence-corrected chi connectivity index (χ3v) is 11.2. The Morgan fingerprint density at radius 1 is 0.404 bits per heavy atom. The van der Waals surface area contributed by atoms with Gasteiger partial charge >= 0.3 is 0 Å². The van der Waals surface area contributed by atoms with Gasteiger partial charge < -0.3 is 0 Å². The van der Waals surface area contributed by atoms with E-state index in [1.807, 2.05) is 0 Å². The molecule has 9 rings (SSSR count). The highest BCUT2D eigenvalue weighted by Crippen LogP contribution is 2.62. The zero-order valence-corrected chi connectivity index (χ0v) is 27.8. The Balaban J connectivity index is 1.47. The predicted octanol–water partition coefficient (Wildman–Crippen LogP) is 11.8. The van der Waals surface area contributed by atoms with Crippen molar-refractivity contribution < 1.29 is 0 Å². The Hall–Kier alpha value is -5.20. The highest BCUT2D eigenvalue weighted by Gasteiger charge is 2.51. The van der Waals surface area contributed by atoms with E-state index in [1.54, 1.807) is 0 Å². The summed E-state index contributed by atoms with van der Waals surface area (Å²) in [5, 5.41) is 2.63. The van der Waals surface area contributed by atoms with Gasteiger partial charge in [0.15, 0.2) is 0 Å². The minimum Gasteiger partial charge on any atom is -0.0619 e. The average Bonchev–Trinajstić information content (AvgIpc) is 3.52. The van der Waals surface area contributed by atoms with Crippen molar-refractivity contribution in [3.8, 4) is 22.3 Å². The van der Waals surface area contributed by atoms with E-state index in [0.29, 0.717) is 0 Å². The third-order valence-electron chi connectivity index (χ3n) is 11.2. The number of rotatable bonds is 3. The molecule has 0 amide bonds. The number of fused-ring (bicyclic) bond motifs is 8. The third kappa shape index (κ3) is 3.70. The van der Waals surface area contributed by atoms with Crippen molar-refractivity contribution in [3.63, 3.8) is 0 Å². The summed E-state index contributed by atoms with van der Waals surface area (Å²) >= 11 is 0. The molecule has 0 aromatic heterocycles. The molecule has 226 valence electrons. The fraction of sp³-hybridized carbons (Fsp3) is 0.149. The van der Waals surface area contributed by atoms with Crippen LogP contribution in [-0.2, 0) is 10.8 Å². The zero-order chi connectivity index (χ0) is 32.1. The minimum atomic E-state index is -0.444. The number of hydrogen-bond donors (Lipinski definition) is 0.